The first-order chi connectivity index (χ1) is 14.1. The minimum absolute atomic E-state index is 0.0828. The fourth-order valence-corrected chi connectivity index (χ4v) is 3.54. The van der Waals surface area contributed by atoms with Gasteiger partial charge in [0.2, 0.25) is 5.88 Å². The first-order valence-corrected chi connectivity index (χ1v) is 9.35. The Kier molecular flexibility index (Phi) is 5.16. The molecular weight excluding hydrogens is 371 g/mol. The molecule has 1 unspecified atom stereocenters. The molecule has 148 valence electrons. The summed E-state index contributed by atoms with van der Waals surface area (Å²) in [4.78, 5) is 19.0. The van der Waals surface area contributed by atoms with Crippen LogP contribution < -0.4 is 9.47 Å². The molecule has 0 saturated heterocycles. The molecule has 2 heterocycles. The number of nitrogens with zero attached hydrogens (tertiary/aromatic N) is 2. The third kappa shape index (κ3) is 3.78. The summed E-state index contributed by atoms with van der Waals surface area (Å²) in [6.07, 6.45) is 0. The van der Waals surface area contributed by atoms with Crippen molar-refractivity contribution >= 4 is 5.91 Å². The predicted molar refractivity (Wildman–Crippen MR) is 106 cm³/mol. The number of carbonyl (C=O) groups is 1. The van der Waals surface area contributed by atoms with Gasteiger partial charge in [-0.25, -0.2) is 9.37 Å². The normalized spacial score (nSPS) is 13.9. The fraction of sp³-hybridized carbons (Fsp3) is 0.217. The van der Waals surface area contributed by atoms with Crippen LogP contribution in [0.25, 0.3) is 0 Å². The number of pyridine rings is 1. The smallest absolute Gasteiger partial charge is 0.255 e. The van der Waals surface area contributed by atoms with Gasteiger partial charge in [0, 0.05) is 35.5 Å². The van der Waals surface area contributed by atoms with Crippen molar-refractivity contribution in [2.24, 2.45) is 0 Å². The zero-order chi connectivity index (χ0) is 20.4. The Bertz CT molecular complexity index is 1050. The predicted octanol–water partition coefficient (Wildman–Crippen LogP) is 4.31. The van der Waals surface area contributed by atoms with Crippen LogP contribution in [0.3, 0.4) is 0 Å². The lowest BCUT2D eigenvalue weighted by Gasteiger charge is -2.28. The fourth-order valence-electron chi connectivity index (χ4n) is 3.54. The van der Waals surface area contributed by atoms with E-state index in [1.54, 1.807) is 29.2 Å². The zero-order valence-electron chi connectivity index (χ0n) is 16.3. The standard InChI is InChI=1S/C23H21FN2O3/c1-15-6-5-9-22(25-15)29-14-21(19-11-10-17(28-2)12-20(19)24)26-13-16-7-3-4-8-18(16)23(26)27/h3-12,21H,13-14H2,1-2H3. The van der Waals surface area contributed by atoms with Crippen molar-refractivity contribution in [2.75, 3.05) is 13.7 Å². The van der Waals surface area contributed by atoms with Crippen molar-refractivity contribution in [3.63, 3.8) is 0 Å². The van der Waals surface area contributed by atoms with Gasteiger partial charge in [0.05, 0.1) is 13.2 Å². The van der Waals surface area contributed by atoms with Gasteiger partial charge in [0.15, 0.2) is 0 Å². The van der Waals surface area contributed by atoms with Gasteiger partial charge in [-0.3, -0.25) is 4.79 Å². The second-order valence-corrected chi connectivity index (χ2v) is 6.92. The molecule has 1 aliphatic rings. The number of methoxy groups -OCH3 is 1. The SMILES string of the molecule is COc1ccc(C(COc2cccc(C)n2)N2Cc3ccccc3C2=O)c(F)c1. The van der Waals surface area contributed by atoms with E-state index in [0.29, 0.717) is 29.3 Å². The van der Waals surface area contributed by atoms with Gasteiger partial charge in [-0.1, -0.05) is 30.3 Å². The summed E-state index contributed by atoms with van der Waals surface area (Å²) >= 11 is 0. The van der Waals surface area contributed by atoms with Crippen LogP contribution in [0.15, 0.2) is 60.7 Å². The number of aromatic nitrogens is 1. The highest BCUT2D eigenvalue weighted by atomic mass is 19.1. The average Bonchev–Trinajstić information content (AvgIpc) is 3.06. The molecule has 0 fully saturated rings. The van der Waals surface area contributed by atoms with E-state index in [1.165, 1.54) is 13.2 Å². The Morgan fingerprint density at radius 1 is 1.14 bits per heavy atom. The number of hydrogen-bond acceptors (Lipinski definition) is 4. The Balaban J connectivity index is 1.67. The maximum Gasteiger partial charge on any atom is 0.255 e. The van der Waals surface area contributed by atoms with E-state index in [2.05, 4.69) is 4.98 Å². The summed E-state index contributed by atoms with van der Waals surface area (Å²) in [7, 11) is 1.49. The number of carbonyl (C=O) groups excluding carboxylic acids is 1. The minimum atomic E-state index is -0.608. The Labute approximate surface area is 168 Å². The molecule has 4 rings (SSSR count). The lowest BCUT2D eigenvalue weighted by Crippen LogP contribution is -2.33. The van der Waals surface area contributed by atoms with Gasteiger partial charge in [0.25, 0.3) is 5.91 Å². The third-order valence-corrected chi connectivity index (χ3v) is 5.04. The highest BCUT2D eigenvalue weighted by molar-refractivity contribution is 5.98. The van der Waals surface area contributed by atoms with E-state index < -0.39 is 11.9 Å². The summed E-state index contributed by atoms with van der Waals surface area (Å²) in [5.41, 5.74) is 2.75. The highest BCUT2D eigenvalue weighted by Gasteiger charge is 2.35. The number of aryl methyl sites for hydroxylation is 1. The molecule has 1 aliphatic heterocycles. The molecule has 0 N–H and O–H groups in total. The summed E-state index contributed by atoms with van der Waals surface area (Å²) in [5.74, 6) is 0.274. The first-order valence-electron chi connectivity index (χ1n) is 9.35. The molecule has 1 aromatic heterocycles. The average molecular weight is 392 g/mol. The Hall–Kier alpha value is -3.41. The van der Waals surface area contributed by atoms with Crippen molar-refractivity contribution < 1.29 is 18.7 Å². The number of amides is 1. The Morgan fingerprint density at radius 2 is 1.97 bits per heavy atom. The molecule has 0 aliphatic carbocycles. The molecule has 0 spiro atoms. The van der Waals surface area contributed by atoms with Crippen LogP contribution in [0.5, 0.6) is 11.6 Å². The summed E-state index contributed by atoms with van der Waals surface area (Å²) in [6.45, 7) is 2.35. The molecule has 5 nitrogen and oxygen atoms in total. The maximum atomic E-state index is 14.9. The van der Waals surface area contributed by atoms with Gasteiger partial charge >= 0.3 is 0 Å². The third-order valence-electron chi connectivity index (χ3n) is 5.04. The number of halogens is 1. The van der Waals surface area contributed by atoms with Gasteiger partial charge in [0.1, 0.15) is 18.2 Å². The monoisotopic (exact) mass is 392 g/mol. The van der Waals surface area contributed by atoms with E-state index in [1.807, 2.05) is 37.3 Å². The van der Waals surface area contributed by atoms with Crippen LogP contribution >= 0.6 is 0 Å². The van der Waals surface area contributed by atoms with Crippen molar-refractivity contribution in [1.82, 2.24) is 9.88 Å². The van der Waals surface area contributed by atoms with Gasteiger partial charge < -0.3 is 14.4 Å². The van der Waals surface area contributed by atoms with Crippen molar-refractivity contribution in [3.05, 3.63) is 88.9 Å². The molecule has 29 heavy (non-hydrogen) atoms. The number of ether oxygens (including phenoxy) is 2. The second kappa shape index (κ2) is 7.91. The molecule has 0 bridgehead atoms. The van der Waals surface area contributed by atoms with Gasteiger partial charge in [-0.2, -0.15) is 0 Å². The first kappa shape index (κ1) is 18.9. The van der Waals surface area contributed by atoms with E-state index in [4.69, 9.17) is 9.47 Å². The molecule has 3 aromatic rings. The molecule has 6 heteroatoms. The quantitative estimate of drug-likeness (QED) is 0.627. The van der Waals surface area contributed by atoms with Crippen LogP contribution in [0.4, 0.5) is 4.39 Å². The van der Waals surface area contributed by atoms with Crippen LogP contribution in [-0.4, -0.2) is 29.5 Å². The number of benzene rings is 2. The molecule has 1 amide bonds. The maximum absolute atomic E-state index is 14.9. The highest BCUT2D eigenvalue weighted by Crippen LogP contribution is 2.34. The molecule has 0 saturated carbocycles. The number of rotatable bonds is 6. The minimum Gasteiger partial charge on any atom is -0.497 e. The van der Waals surface area contributed by atoms with Crippen LogP contribution in [0.2, 0.25) is 0 Å². The summed E-state index contributed by atoms with van der Waals surface area (Å²) in [6, 6.07) is 16.9. The van der Waals surface area contributed by atoms with E-state index in [9.17, 15) is 9.18 Å². The van der Waals surface area contributed by atoms with E-state index in [0.717, 1.165) is 11.3 Å². The van der Waals surface area contributed by atoms with Crippen LogP contribution in [-0.2, 0) is 6.54 Å². The molecule has 1 atom stereocenters. The largest absolute Gasteiger partial charge is 0.497 e. The summed E-state index contributed by atoms with van der Waals surface area (Å²) in [5, 5.41) is 0. The van der Waals surface area contributed by atoms with E-state index in [-0.39, 0.29) is 12.5 Å². The van der Waals surface area contributed by atoms with Crippen molar-refractivity contribution in [3.8, 4) is 11.6 Å². The van der Waals surface area contributed by atoms with Crippen molar-refractivity contribution in [2.45, 2.75) is 19.5 Å². The lowest BCUT2D eigenvalue weighted by molar-refractivity contribution is 0.0627. The van der Waals surface area contributed by atoms with Crippen molar-refractivity contribution in [1.29, 1.82) is 0 Å². The zero-order valence-corrected chi connectivity index (χ0v) is 16.3. The van der Waals surface area contributed by atoms with Crippen LogP contribution in [0, 0.1) is 12.7 Å². The van der Waals surface area contributed by atoms with Crippen LogP contribution in [0.1, 0.15) is 33.2 Å². The number of fused-ring (bicyclic) bond motifs is 1. The molecule has 0 radical (unpaired) electrons. The Morgan fingerprint density at radius 3 is 2.69 bits per heavy atom. The number of hydrogen-bond donors (Lipinski definition) is 0. The topological polar surface area (TPSA) is 51.7 Å². The van der Waals surface area contributed by atoms with Gasteiger partial charge in [-0.15, -0.1) is 0 Å². The summed E-state index contributed by atoms with van der Waals surface area (Å²) < 4.78 is 25.9. The second-order valence-electron chi connectivity index (χ2n) is 6.92. The van der Waals surface area contributed by atoms with Gasteiger partial charge in [-0.05, 0) is 30.7 Å². The molecule has 2 aromatic carbocycles. The molecular formula is C23H21FN2O3. The lowest BCUT2D eigenvalue weighted by atomic mass is 10.0. The van der Waals surface area contributed by atoms with E-state index >= 15 is 0 Å².